The molecule has 29 heavy (non-hydrogen) atoms. The largest absolute Gasteiger partial charge is 0.481 e. The molecule has 4 aromatic rings. The molecule has 0 aliphatic rings. The van der Waals surface area contributed by atoms with Crippen LogP contribution in [0.15, 0.2) is 59.7 Å². The lowest BCUT2D eigenvalue weighted by atomic mass is 10.0. The van der Waals surface area contributed by atoms with E-state index in [0.29, 0.717) is 16.5 Å². The number of hydrogen-bond acceptors (Lipinski definition) is 4. The summed E-state index contributed by atoms with van der Waals surface area (Å²) in [7, 11) is 1.44. The Morgan fingerprint density at radius 1 is 1.28 bits per heavy atom. The molecule has 1 aromatic carbocycles. The third-order valence-corrected chi connectivity index (χ3v) is 4.71. The Morgan fingerprint density at radius 2 is 2.07 bits per heavy atom. The Bertz CT molecular complexity index is 1290. The summed E-state index contributed by atoms with van der Waals surface area (Å²) in [6.07, 6.45) is 2.93. The van der Waals surface area contributed by atoms with Crippen molar-refractivity contribution in [2.45, 2.75) is 6.54 Å². The van der Waals surface area contributed by atoms with Crippen molar-refractivity contribution in [3.8, 4) is 17.0 Å². The number of halogens is 1. The lowest BCUT2D eigenvalue weighted by molar-refractivity contribution is 0.0687. The van der Waals surface area contributed by atoms with Crippen LogP contribution < -0.4 is 10.3 Å². The van der Waals surface area contributed by atoms with E-state index in [9.17, 15) is 19.1 Å². The van der Waals surface area contributed by atoms with E-state index < -0.39 is 17.3 Å². The molecule has 0 aliphatic heterocycles. The highest BCUT2D eigenvalue weighted by molar-refractivity contribution is 6.08. The van der Waals surface area contributed by atoms with Crippen LogP contribution in [0.25, 0.3) is 22.0 Å². The highest BCUT2D eigenvalue weighted by Crippen LogP contribution is 2.35. The number of aromatic nitrogens is 3. The van der Waals surface area contributed by atoms with Crippen LogP contribution in [0.2, 0.25) is 0 Å². The van der Waals surface area contributed by atoms with Gasteiger partial charge in [-0.3, -0.25) is 4.79 Å². The van der Waals surface area contributed by atoms with Crippen LogP contribution in [-0.2, 0) is 6.54 Å². The molecule has 0 atom stereocenters. The van der Waals surface area contributed by atoms with Gasteiger partial charge in [-0.15, -0.1) is 0 Å². The van der Waals surface area contributed by atoms with Gasteiger partial charge in [0.15, 0.2) is 0 Å². The fourth-order valence-electron chi connectivity index (χ4n) is 3.41. The number of nitrogens with zero attached hydrogens (tertiary/aromatic N) is 2. The molecule has 0 bridgehead atoms. The van der Waals surface area contributed by atoms with Gasteiger partial charge >= 0.3 is 5.97 Å². The number of hydrogen-bond donors (Lipinski definition) is 2. The van der Waals surface area contributed by atoms with E-state index in [1.807, 2.05) is 0 Å². The number of fused-ring (bicyclic) bond motifs is 1. The summed E-state index contributed by atoms with van der Waals surface area (Å²) in [5, 5.41) is 10.5. The van der Waals surface area contributed by atoms with Gasteiger partial charge < -0.3 is 19.4 Å². The summed E-state index contributed by atoms with van der Waals surface area (Å²) in [6, 6.07) is 10.9. The summed E-state index contributed by atoms with van der Waals surface area (Å²) in [5.41, 5.74) is 0.619. The molecule has 146 valence electrons. The number of methoxy groups -OCH3 is 1. The van der Waals surface area contributed by atoms with Gasteiger partial charge in [-0.05, 0) is 18.2 Å². The second kappa shape index (κ2) is 7.23. The number of benzene rings is 1. The number of rotatable bonds is 5. The van der Waals surface area contributed by atoms with Crippen LogP contribution in [0.5, 0.6) is 5.88 Å². The maximum absolute atomic E-state index is 14.3. The maximum Gasteiger partial charge on any atom is 0.353 e. The van der Waals surface area contributed by atoms with E-state index in [1.165, 1.54) is 30.1 Å². The van der Waals surface area contributed by atoms with E-state index in [2.05, 4.69) is 9.97 Å². The smallest absolute Gasteiger partial charge is 0.353 e. The standard InChI is InChI=1S/C21H16FN3O4/c1-29-17-9-14-16(10-24-17)25(11-12-5-2-3-7-15(12)22)19(21(27)28)18(14)13-6-4-8-23-20(13)26/h2-10H,11H2,1H3,(H,23,26)(H,27,28). The summed E-state index contributed by atoms with van der Waals surface area (Å²) in [6.45, 7) is -0.0381. The number of aromatic amines is 1. The molecule has 3 heterocycles. The zero-order valence-corrected chi connectivity index (χ0v) is 15.3. The van der Waals surface area contributed by atoms with Crippen LogP contribution in [-0.4, -0.2) is 32.7 Å². The van der Waals surface area contributed by atoms with Gasteiger partial charge in [0, 0.05) is 34.3 Å². The van der Waals surface area contributed by atoms with Crippen molar-refractivity contribution in [2.24, 2.45) is 0 Å². The fourth-order valence-corrected chi connectivity index (χ4v) is 3.41. The molecule has 0 spiro atoms. The van der Waals surface area contributed by atoms with E-state index in [-0.39, 0.29) is 29.2 Å². The SMILES string of the molecule is COc1cc2c(-c3ccc[nH]c3=O)c(C(=O)O)n(Cc3ccccc3F)c2cn1. The van der Waals surface area contributed by atoms with Crippen LogP contribution >= 0.6 is 0 Å². The highest BCUT2D eigenvalue weighted by atomic mass is 19.1. The van der Waals surface area contributed by atoms with E-state index >= 15 is 0 Å². The van der Waals surface area contributed by atoms with Gasteiger partial charge in [0.05, 0.1) is 25.4 Å². The van der Waals surface area contributed by atoms with Gasteiger partial charge in [0.25, 0.3) is 5.56 Å². The lowest BCUT2D eigenvalue weighted by Crippen LogP contribution is -2.14. The zero-order valence-electron chi connectivity index (χ0n) is 15.3. The molecule has 7 nitrogen and oxygen atoms in total. The van der Waals surface area contributed by atoms with E-state index in [0.717, 1.165) is 0 Å². The quantitative estimate of drug-likeness (QED) is 0.542. The highest BCUT2D eigenvalue weighted by Gasteiger charge is 2.26. The molecule has 0 aliphatic carbocycles. The average Bonchev–Trinajstić information content (AvgIpc) is 3.03. The molecule has 0 radical (unpaired) electrons. The number of H-pyrrole nitrogens is 1. The molecule has 0 amide bonds. The molecule has 3 aromatic heterocycles. The van der Waals surface area contributed by atoms with E-state index in [1.54, 1.807) is 36.4 Å². The number of ether oxygens (including phenoxy) is 1. The van der Waals surface area contributed by atoms with Crippen molar-refractivity contribution >= 4 is 16.9 Å². The van der Waals surface area contributed by atoms with Crippen LogP contribution in [0.3, 0.4) is 0 Å². The van der Waals surface area contributed by atoms with Gasteiger partial charge in [-0.25, -0.2) is 14.2 Å². The summed E-state index contributed by atoms with van der Waals surface area (Å²) < 4.78 is 20.9. The first-order valence-corrected chi connectivity index (χ1v) is 8.72. The van der Waals surface area contributed by atoms with Gasteiger partial charge in [0.2, 0.25) is 5.88 Å². The predicted octanol–water partition coefficient (Wildman–Crippen LogP) is 3.29. The van der Waals surface area contributed by atoms with Crippen molar-refractivity contribution in [3.05, 3.63) is 82.3 Å². The van der Waals surface area contributed by atoms with Crippen LogP contribution in [0.4, 0.5) is 4.39 Å². The number of nitrogens with one attached hydrogen (secondary N) is 1. The predicted molar refractivity (Wildman–Crippen MR) is 105 cm³/mol. The first-order chi connectivity index (χ1) is 14.0. The molecular formula is C21H16FN3O4. The molecule has 0 fully saturated rings. The normalized spacial score (nSPS) is 11.0. The summed E-state index contributed by atoms with van der Waals surface area (Å²) in [4.78, 5) is 31.4. The molecule has 8 heteroatoms. The molecule has 0 saturated carbocycles. The molecule has 2 N–H and O–H groups in total. The molecule has 4 rings (SSSR count). The second-order valence-corrected chi connectivity index (χ2v) is 6.36. The van der Waals surface area contributed by atoms with Crippen molar-refractivity contribution in [1.29, 1.82) is 0 Å². The van der Waals surface area contributed by atoms with Gasteiger partial charge in [0.1, 0.15) is 11.5 Å². The maximum atomic E-state index is 14.3. The number of carbonyl (C=O) groups is 1. The van der Waals surface area contributed by atoms with Gasteiger partial charge in [-0.1, -0.05) is 18.2 Å². The Balaban J connectivity index is 2.09. The third-order valence-electron chi connectivity index (χ3n) is 4.71. The number of carboxylic acid groups (broad SMARTS) is 1. The van der Waals surface area contributed by atoms with Crippen molar-refractivity contribution < 1.29 is 19.0 Å². The molecule has 0 saturated heterocycles. The lowest BCUT2D eigenvalue weighted by Gasteiger charge is -2.10. The monoisotopic (exact) mass is 393 g/mol. The van der Waals surface area contributed by atoms with Crippen molar-refractivity contribution in [1.82, 2.24) is 14.5 Å². The number of pyridine rings is 2. The average molecular weight is 393 g/mol. The Labute approximate surface area is 164 Å². The minimum Gasteiger partial charge on any atom is -0.481 e. The topological polar surface area (TPSA) is 97.2 Å². The first kappa shape index (κ1) is 18.4. The van der Waals surface area contributed by atoms with Gasteiger partial charge in [-0.2, -0.15) is 0 Å². The summed E-state index contributed by atoms with van der Waals surface area (Å²) in [5.74, 6) is -1.42. The second-order valence-electron chi connectivity index (χ2n) is 6.36. The van der Waals surface area contributed by atoms with Crippen LogP contribution in [0, 0.1) is 5.82 Å². The van der Waals surface area contributed by atoms with E-state index in [4.69, 9.17) is 4.74 Å². The number of aromatic carboxylic acids is 1. The first-order valence-electron chi connectivity index (χ1n) is 8.72. The van der Waals surface area contributed by atoms with Crippen molar-refractivity contribution in [3.63, 3.8) is 0 Å². The minimum absolute atomic E-state index is 0.0381. The Morgan fingerprint density at radius 3 is 2.76 bits per heavy atom. The Kier molecular flexibility index (Phi) is 4.59. The van der Waals surface area contributed by atoms with Crippen molar-refractivity contribution in [2.75, 3.05) is 7.11 Å². The fraction of sp³-hybridized carbons (Fsp3) is 0.0952. The number of carboxylic acids is 1. The minimum atomic E-state index is -1.24. The van der Waals surface area contributed by atoms with Crippen LogP contribution in [0.1, 0.15) is 16.1 Å². The zero-order chi connectivity index (χ0) is 20.5. The molecular weight excluding hydrogens is 377 g/mol. The third kappa shape index (κ3) is 3.14. The summed E-state index contributed by atoms with van der Waals surface area (Å²) >= 11 is 0. The Hall–Kier alpha value is -3.94. The molecule has 0 unspecified atom stereocenters.